The van der Waals surface area contributed by atoms with Gasteiger partial charge in [0.25, 0.3) is 0 Å². The summed E-state index contributed by atoms with van der Waals surface area (Å²) in [6.45, 7) is 3.99. The van der Waals surface area contributed by atoms with Gasteiger partial charge in [-0.2, -0.15) is 0 Å². The molecule has 0 aromatic carbocycles. The number of hydrogen-bond acceptors (Lipinski definition) is 5. The van der Waals surface area contributed by atoms with Crippen LogP contribution in [0.15, 0.2) is 0 Å². The normalized spacial score (nSPS) is 23.9. The molecular weight excluding hydrogens is 282 g/mol. The van der Waals surface area contributed by atoms with E-state index in [1.807, 2.05) is 13.8 Å². The highest BCUT2D eigenvalue weighted by Gasteiger charge is 2.35. The molecule has 1 heterocycles. The fraction of sp³-hybridized carbons (Fsp3) is 0.846. The molecule has 3 atom stereocenters. The van der Waals surface area contributed by atoms with Crippen molar-refractivity contribution in [3.05, 3.63) is 0 Å². The highest BCUT2D eigenvalue weighted by Crippen LogP contribution is 2.19. The second-order valence-electron chi connectivity index (χ2n) is 5.43. The first-order valence-electron chi connectivity index (χ1n) is 6.87. The third kappa shape index (κ3) is 4.77. The summed E-state index contributed by atoms with van der Waals surface area (Å²) in [6, 6.07) is -0.703. The molecule has 1 saturated heterocycles. The molecule has 1 N–H and O–H groups in total. The summed E-state index contributed by atoms with van der Waals surface area (Å²) in [5, 5.41) is 2.63. The summed E-state index contributed by atoms with van der Waals surface area (Å²) in [7, 11) is -1.83. The van der Waals surface area contributed by atoms with Crippen LogP contribution in [0.4, 0.5) is 0 Å². The molecule has 6 nitrogen and oxygen atoms in total. The van der Waals surface area contributed by atoms with E-state index >= 15 is 0 Å². The number of ether oxygens (including phenoxy) is 1. The summed E-state index contributed by atoms with van der Waals surface area (Å²) in [4.78, 5) is 23.7. The zero-order chi connectivity index (χ0) is 15.3. The zero-order valence-corrected chi connectivity index (χ0v) is 13.0. The quantitative estimate of drug-likeness (QED) is 0.722. The molecule has 0 aromatic rings. The van der Waals surface area contributed by atoms with Crippen LogP contribution in [0, 0.1) is 11.8 Å². The smallest absolute Gasteiger partial charge is 0.328 e. The number of hydrogen-bond donors (Lipinski definition) is 1. The van der Waals surface area contributed by atoms with E-state index in [1.54, 1.807) is 0 Å². The maximum Gasteiger partial charge on any atom is 0.328 e. The van der Waals surface area contributed by atoms with E-state index in [4.69, 9.17) is 4.74 Å². The monoisotopic (exact) mass is 305 g/mol. The van der Waals surface area contributed by atoms with Crippen molar-refractivity contribution in [3.63, 3.8) is 0 Å². The van der Waals surface area contributed by atoms with Crippen molar-refractivity contribution in [2.24, 2.45) is 11.8 Å². The summed E-state index contributed by atoms with van der Waals surface area (Å²) >= 11 is 0. The van der Waals surface area contributed by atoms with Gasteiger partial charge < -0.3 is 10.1 Å². The lowest BCUT2D eigenvalue weighted by atomic mass is 9.98. The van der Waals surface area contributed by atoms with Crippen LogP contribution < -0.4 is 5.32 Å². The van der Waals surface area contributed by atoms with Crippen molar-refractivity contribution in [1.29, 1.82) is 0 Å². The van der Waals surface area contributed by atoms with Gasteiger partial charge in [-0.1, -0.05) is 20.3 Å². The first-order valence-corrected chi connectivity index (χ1v) is 8.69. The van der Waals surface area contributed by atoms with Crippen molar-refractivity contribution >= 4 is 21.7 Å². The predicted octanol–water partition coefficient (Wildman–Crippen LogP) is 0.515. The number of sulfone groups is 1. The maximum absolute atomic E-state index is 12.1. The number of carbonyl (C=O) groups excluding carboxylic acids is 2. The Labute approximate surface area is 120 Å². The van der Waals surface area contributed by atoms with Crippen molar-refractivity contribution in [3.8, 4) is 0 Å². The first-order chi connectivity index (χ1) is 9.29. The molecule has 20 heavy (non-hydrogen) atoms. The van der Waals surface area contributed by atoms with E-state index in [0.717, 1.165) is 6.42 Å². The summed E-state index contributed by atoms with van der Waals surface area (Å²) in [5.74, 6) is -1.23. The van der Waals surface area contributed by atoms with Gasteiger partial charge in [-0.15, -0.1) is 0 Å². The fourth-order valence-corrected chi connectivity index (χ4v) is 3.96. The van der Waals surface area contributed by atoms with Gasteiger partial charge in [0.15, 0.2) is 9.84 Å². The van der Waals surface area contributed by atoms with Gasteiger partial charge in [-0.05, 0) is 18.8 Å². The van der Waals surface area contributed by atoms with Crippen LogP contribution in [0.25, 0.3) is 0 Å². The molecule has 116 valence electrons. The molecule has 1 fully saturated rings. The minimum absolute atomic E-state index is 0.0410. The van der Waals surface area contributed by atoms with E-state index in [-0.39, 0.29) is 23.3 Å². The molecule has 1 rings (SSSR count). The lowest BCUT2D eigenvalue weighted by molar-refractivity contribution is -0.146. The molecule has 0 saturated carbocycles. The van der Waals surface area contributed by atoms with Crippen molar-refractivity contribution in [1.82, 2.24) is 5.32 Å². The summed E-state index contributed by atoms with van der Waals surface area (Å²) < 4.78 is 27.4. The Bertz CT molecular complexity index is 459. The Morgan fingerprint density at radius 2 is 2.05 bits per heavy atom. The molecule has 0 spiro atoms. The SMILES string of the molecule is CCC(C)CC(NC(=O)C1CCS(=O)(=O)C1)C(=O)OC. The minimum Gasteiger partial charge on any atom is -0.467 e. The lowest BCUT2D eigenvalue weighted by Gasteiger charge is -2.21. The lowest BCUT2D eigenvalue weighted by Crippen LogP contribution is -2.45. The van der Waals surface area contributed by atoms with Crippen LogP contribution in [0.5, 0.6) is 0 Å². The van der Waals surface area contributed by atoms with Gasteiger partial charge in [0, 0.05) is 0 Å². The van der Waals surface area contributed by atoms with Gasteiger partial charge in [0.1, 0.15) is 6.04 Å². The van der Waals surface area contributed by atoms with Crippen molar-refractivity contribution < 1.29 is 22.7 Å². The second kappa shape index (κ2) is 7.06. The molecule has 7 heteroatoms. The topological polar surface area (TPSA) is 89.5 Å². The van der Waals surface area contributed by atoms with Crippen molar-refractivity contribution in [2.75, 3.05) is 18.6 Å². The third-order valence-electron chi connectivity index (χ3n) is 3.74. The number of nitrogens with one attached hydrogen (secondary N) is 1. The van der Waals surface area contributed by atoms with Crippen LogP contribution >= 0.6 is 0 Å². The van der Waals surface area contributed by atoms with Crippen LogP contribution in [-0.2, 0) is 24.2 Å². The summed E-state index contributed by atoms with van der Waals surface area (Å²) in [5.41, 5.74) is 0. The van der Waals surface area contributed by atoms with Crippen molar-refractivity contribution in [2.45, 2.75) is 39.2 Å². The maximum atomic E-state index is 12.1. The largest absolute Gasteiger partial charge is 0.467 e. The van der Waals surface area contributed by atoms with E-state index in [0.29, 0.717) is 12.8 Å². The third-order valence-corrected chi connectivity index (χ3v) is 5.51. The average molecular weight is 305 g/mol. The number of esters is 1. The molecule has 1 aliphatic heterocycles. The standard InChI is InChI=1S/C13H23NO5S/c1-4-9(2)7-11(13(16)19-3)14-12(15)10-5-6-20(17,18)8-10/h9-11H,4-8H2,1-3H3,(H,14,15). The van der Waals surface area contributed by atoms with Crippen LogP contribution in [0.3, 0.4) is 0 Å². The average Bonchev–Trinajstić information content (AvgIpc) is 2.77. The molecule has 1 amide bonds. The summed E-state index contributed by atoms with van der Waals surface area (Å²) in [6.07, 6.45) is 1.71. The van der Waals surface area contributed by atoms with E-state index in [9.17, 15) is 18.0 Å². The second-order valence-corrected chi connectivity index (χ2v) is 7.66. The Hall–Kier alpha value is -1.11. The Kier molecular flexibility index (Phi) is 5.98. The predicted molar refractivity (Wildman–Crippen MR) is 74.8 cm³/mol. The van der Waals surface area contributed by atoms with Crippen LogP contribution in [0.2, 0.25) is 0 Å². The number of rotatable bonds is 6. The Balaban J connectivity index is 2.65. The molecule has 0 aromatic heterocycles. The van der Waals surface area contributed by atoms with Gasteiger partial charge in [-0.25, -0.2) is 13.2 Å². The Morgan fingerprint density at radius 1 is 1.40 bits per heavy atom. The van der Waals surface area contributed by atoms with Crippen LogP contribution in [0.1, 0.15) is 33.1 Å². The number of amides is 1. The molecule has 1 aliphatic rings. The van der Waals surface area contributed by atoms with E-state index < -0.39 is 27.8 Å². The van der Waals surface area contributed by atoms with Gasteiger partial charge in [-0.3, -0.25) is 4.79 Å². The number of carbonyl (C=O) groups is 2. The highest BCUT2D eigenvalue weighted by molar-refractivity contribution is 7.91. The molecule has 3 unspecified atom stereocenters. The zero-order valence-electron chi connectivity index (χ0n) is 12.2. The van der Waals surface area contributed by atoms with E-state index in [2.05, 4.69) is 5.32 Å². The van der Waals surface area contributed by atoms with Gasteiger partial charge >= 0.3 is 5.97 Å². The molecule has 0 aliphatic carbocycles. The molecule has 0 radical (unpaired) electrons. The Morgan fingerprint density at radius 3 is 2.50 bits per heavy atom. The number of methoxy groups -OCH3 is 1. The van der Waals surface area contributed by atoms with Gasteiger partial charge in [0.2, 0.25) is 5.91 Å². The molecular formula is C13H23NO5S. The van der Waals surface area contributed by atoms with Crippen LogP contribution in [-0.4, -0.2) is 45.0 Å². The minimum atomic E-state index is -3.11. The highest BCUT2D eigenvalue weighted by atomic mass is 32.2. The fourth-order valence-electron chi connectivity index (χ4n) is 2.22. The first kappa shape index (κ1) is 16.9. The van der Waals surface area contributed by atoms with Gasteiger partial charge in [0.05, 0.1) is 24.5 Å². The van der Waals surface area contributed by atoms with E-state index in [1.165, 1.54) is 7.11 Å². The molecule has 0 bridgehead atoms.